The molecule has 0 atom stereocenters. The monoisotopic (exact) mass is 188 g/mol. The summed E-state index contributed by atoms with van der Waals surface area (Å²) < 4.78 is 10.9. The minimum absolute atomic E-state index is 0.153. The lowest BCUT2D eigenvalue weighted by Gasteiger charge is -2.30. The van der Waals surface area contributed by atoms with Crippen LogP contribution in [0.2, 0.25) is 0 Å². The van der Waals surface area contributed by atoms with Crippen molar-refractivity contribution in [2.45, 2.75) is 37.7 Å². The topological polar surface area (TPSA) is 18.5 Å². The second-order valence-electron chi connectivity index (χ2n) is 3.43. The molecular weight excluding hydrogens is 176 g/mol. The van der Waals surface area contributed by atoms with Crippen LogP contribution in [-0.2, 0) is 9.47 Å². The zero-order valence-corrected chi connectivity index (χ0v) is 7.77. The van der Waals surface area contributed by atoms with Crippen LogP contribution in [0.4, 0.5) is 0 Å². The Labute approximate surface area is 77.5 Å². The largest absolute Gasteiger partial charge is 0.468 e. The third kappa shape index (κ3) is 1.23. The first-order chi connectivity index (χ1) is 5.87. The van der Waals surface area contributed by atoms with Crippen molar-refractivity contribution in [2.24, 2.45) is 0 Å². The lowest BCUT2D eigenvalue weighted by molar-refractivity contribution is -0.0272. The summed E-state index contributed by atoms with van der Waals surface area (Å²) in [6.07, 6.45) is 5.87. The van der Waals surface area contributed by atoms with Crippen molar-refractivity contribution in [3.8, 4) is 0 Å². The Balaban J connectivity index is 2.16. The Hall–Kier alpha value is -0.210. The molecule has 0 aromatic heterocycles. The molecule has 3 heteroatoms. The molecule has 0 aromatic carbocycles. The van der Waals surface area contributed by atoms with Crippen molar-refractivity contribution in [3.63, 3.8) is 0 Å². The Morgan fingerprint density at radius 1 is 1.25 bits per heavy atom. The molecule has 1 spiro atoms. The predicted molar refractivity (Wildman–Crippen MR) is 46.8 cm³/mol. The minimum Gasteiger partial charge on any atom is -0.468 e. The number of hydrogen-bond acceptors (Lipinski definition) is 2. The van der Waals surface area contributed by atoms with E-state index in [2.05, 4.69) is 0 Å². The van der Waals surface area contributed by atoms with Crippen LogP contribution in [0.15, 0.2) is 11.3 Å². The van der Waals surface area contributed by atoms with E-state index in [0.29, 0.717) is 6.79 Å². The average Bonchev–Trinajstić information content (AvgIpc) is 2.49. The summed E-state index contributed by atoms with van der Waals surface area (Å²) in [6, 6.07) is 0. The number of rotatable bonds is 0. The molecule has 0 aromatic rings. The van der Waals surface area contributed by atoms with Gasteiger partial charge in [0.15, 0.2) is 6.79 Å². The Kier molecular flexibility index (Phi) is 2.28. The molecule has 1 aliphatic heterocycles. The molecule has 0 bridgehead atoms. The van der Waals surface area contributed by atoms with Gasteiger partial charge < -0.3 is 9.47 Å². The van der Waals surface area contributed by atoms with Gasteiger partial charge in [0, 0.05) is 5.54 Å². The molecule has 0 radical (unpaired) electrons. The van der Waals surface area contributed by atoms with Gasteiger partial charge in [0.2, 0.25) is 0 Å². The zero-order chi connectivity index (χ0) is 8.44. The number of ether oxygens (including phenoxy) is 2. The standard InChI is InChI=1S/C9H13ClO2/c10-6-8-9(12-7-11-8)4-2-1-3-5-9/h6H,1-5,7H2/b8-6+. The van der Waals surface area contributed by atoms with Crippen molar-refractivity contribution in [1.29, 1.82) is 0 Å². The van der Waals surface area contributed by atoms with E-state index in [4.69, 9.17) is 21.1 Å². The third-order valence-electron chi connectivity index (χ3n) is 2.76. The van der Waals surface area contributed by atoms with E-state index in [-0.39, 0.29) is 5.60 Å². The van der Waals surface area contributed by atoms with Gasteiger partial charge in [-0.15, -0.1) is 0 Å². The van der Waals surface area contributed by atoms with Crippen LogP contribution >= 0.6 is 11.6 Å². The molecule has 2 aliphatic rings. The molecule has 0 N–H and O–H groups in total. The first kappa shape index (κ1) is 8.39. The molecule has 12 heavy (non-hydrogen) atoms. The normalized spacial score (nSPS) is 30.9. The van der Waals surface area contributed by atoms with Crippen LogP contribution in [-0.4, -0.2) is 12.4 Å². The van der Waals surface area contributed by atoms with Gasteiger partial charge in [-0.05, 0) is 12.8 Å². The summed E-state index contributed by atoms with van der Waals surface area (Å²) in [4.78, 5) is 0. The second kappa shape index (κ2) is 3.27. The van der Waals surface area contributed by atoms with Gasteiger partial charge in [0.25, 0.3) is 0 Å². The maximum Gasteiger partial charge on any atom is 0.189 e. The molecule has 1 aliphatic carbocycles. The van der Waals surface area contributed by atoms with E-state index in [1.807, 2.05) is 0 Å². The van der Waals surface area contributed by atoms with Crippen LogP contribution < -0.4 is 0 Å². The molecule has 1 saturated carbocycles. The van der Waals surface area contributed by atoms with Gasteiger partial charge in [0.1, 0.15) is 11.4 Å². The summed E-state index contributed by atoms with van der Waals surface area (Å²) in [5.74, 6) is 0.837. The first-order valence-electron chi connectivity index (χ1n) is 4.45. The van der Waals surface area contributed by atoms with E-state index in [1.165, 1.54) is 24.8 Å². The molecule has 0 amide bonds. The fourth-order valence-corrected chi connectivity index (χ4v) is 2.31. The van der Waals surface area contributed by atoms with Gasteiger partial charge in [-0.2, -0.15) is 0 Å². The van der Waals surface area contributed by atoms with Gasteiger partial charge in [-0.1, -0.05) is 30.9 Å². The van der Waals surface area contributed by atoms with E-state index in [9.17, 15) is 0 Å². The van der Waals surface area contributed by atoms with Crippen molar-refractivity contribution < 1.29 is 9.47 Å². The minimum atomic E-state index is -0.153. The number of halogens is 1. The molecular formula is C9H13ClO2. The molecule has 2 fully saturated rings. The van der Waals surface area contributed by atoms with Crippen LogP contribution in [0.25, 0.3) is 0 Å². The zero-order valence-electron chi connectivity index (χ0n) is 7.01. The van der Waals surface area contributed by atoms with Gasteiger partial charge in [-0.25, -0.2) is 0 Å². The van der Waals surface area contributed by atoms with Crippen LogP contribution in [0.3, 0.4) is 0 Å². The molecule has 68 valence electrons. The Morgan fingerprint density at radius 3 is 2.67 bits per heavy atom. The highest BCUT2D eigenvalue weighted by atomic mass is 35.5. The molecule has 1 saturated heterocycles. The van der Waals surface area contributed by atoms with E-state index < -0.39 is 0 Å². The molecule has 0 unspecified atom stereocenters. The third-order valence-corrected chi connectivity index (χ3v) is 2.96. The van der Waals surface area contributed by atoms with Gasteiger partial charge in [-0.3, -0.25) is 0 Å². The summed E-state index contributed by atoms with van der Waals surface area (Å²) in [5.41, 5.74) is 1.37. The highest BCUT2D eigenvalue weighted by Gasteiger charge is 2.42. The summed E-state index contributed by atoms with van der Waals surface area (Å²) in [5, 5.41) is 0. The quantitative estimate of drug-likeness (QED) is 0.582. The van der Waals surface area contributed by atoms with Crippen molar-refractivity contribution >= 4 is 11.6 Å². The smallest absolute Gasteiger partial charge is 0.189 e. The van der Waals surface area contributed by atoms with Gasteiger partial charge >= 0.3 is 0 Å². The predicted octanol–water partition coefficient (Wildman–Crippen LogP) is 2.77. The molecule has 1 heterocycles. The number of hydrogen-bond donors (Lipinski definition) is 0. The van der Waals surface area contributed by atoms with Crippen LogP contribution in [0.1, 0.15) is 32.1 Å². The maximum atomic E-state index is 5.66. The Bertz CT molecular complexity index is 195. The van der Waals surface area contributed by atoms with Gasteiger partial charge in [0.05, 0.1) is 0 Å². The second-order valence-corrected chi connectivity index (χ2v) is 3.65. The van der Waals surface area contributed by atoms with E-state index >= 15 is 0 Å². The van der Waals surface area contributed by atoms with E-state index in [1.54, 1.807) is 0 Å². The maximum absolute atomic E-state index is 5.66. The highest BCUT2D eigenvalue weighted by molar-refractivity contribution is 6.25. The Morgan fingerprint density at radius 2 is 2.00 bits per heavy atom. The summed E-state index contributed by atoms with van der Waals surface area (Å²) in [7, 11) is 0. The first-order valence-corrected chi connectivity index (χ1v) is 4.89. The molecule has 2 rings (SSSR count). The van der Waals surface area contributed by atoms with E-state index in [0.717, 1.165) is 18.6 Å². The lowest BCUT2D eigenvalue weighted by Crippen LogP contribution is -2.32. The van der Waals surface area contributed by atoms with Crippen LogP contribution in [0, 0.1) is 0 Å². The fourth-order valence-electron chi connectivity index (χ4n) is 2.05. The lowest BCUT2D eigenvalue weighted by atomic mass is 9.84. The highest BCUT2D eigenvalue weighted by Crippen LogP contribution is 2.41. The fraction of sp³-hybridized carbons (Fsp3) is 0.778. The van der Waals surface area contributed by atoms with Crippen LogP contribution in [0.5, 0.6) is 0 Å². The summed E-state index contributed by atoms with van der Waals surface area (Å²) in [6.45, 7) is 0.374. The van der Waals surface area contributed by atoms with Crippen molar-refractivity contribution in [1.82, 2.24) is 0 Å². The average molecular weight is 189 g/mol. The van der Waals surface area contributed by atoms with Crippen molar-refractivity contribution in [2.75, 3.05) is 6.79 Å². The van der Waals surface area contributed by atoms with Crippen molar-refractivity contribution in [3.05, 3.63) is 11.3 Å². The summed E-state index contributed by atoms with van der Waals surface area (Å²) >= 11 is 5.66. The SMILES string of the molecule is Cl/C=C1/OCOC12CCCCC2. The molecule has 2 nitrogen and oxygen atoms in total.